The molecule has 0 aliphatic rings. The van der Waals surface area contributed by atoms with Crippen LogP contribution in [0.3, 0.4) is 0 Å². The van der Waals surface area contributed by atoms with Crippen molar-refractivity contribution in [3.63, 3.8) is 0 Å². The standard InChI is InChI=1S/C10H13N3O2S/c1-7-5-9(12)10(6-8(7)2)13-16(14,15)4-3-11/h5-6,13H,4,12H2,1-2H3. The summed E-state index contributed by atoms with van der Waals surface area (Å²) in [6.45, 7) is 3.75. The Morgan fingerprint density at radius 1 is 1.38 bits per heavy atom. The minimum atomic E-state index is -3.63. The molecule has 0 saturated heterocycles. The van der Waals surface area contributed by atoms with Gasteiger partial charge in [-0.2, -0.15) is 5.26 Å². The lowest BCUT2D eigenvalue weighted by atomic mass is 10.1. The van der Waals surface area contributed by atoms with E-state index in [1.54, 1.807) is 18.2 Å². The van der Waals surface area contributed by atoms with Crippen molar-refractivity contribution in [2.75, 3.05) is 16.2 Å². The maximum absolute atomic E-state index is 11.4. The Labute approximate surface area is 94.9 Å². The smallest absolute Gasteiger partial charge is 0.246 e. The third-order valence-corrected chi connectivity index (χ3v) is 3.23. The quantitative estimate of drug-likeness (QED) is 0.773. The molecule has 16 heavy (non-hydrogen) atoms. The highest BCUT2D eigenvalue weighted by atomic mass is 32.2. The highest BCUT2D eigenvalue weighted by Gasteiger charge is 2.12. The Balaban J connectivity index is 3.08. The molecule has 1 aromatic rings. The van der Waals surface area contributed by atoms with Crippen LogP contribution in [0.15, 0.2) is 12.1 Å². The predicted molar refractivity (Wildman–Crippen MR) is 63.4 cm³/mol. The minimum Gasteiger partial charge on any atom is -0.397 e. The number of sulfonamides is 1. The van der Waals surface area contributed by atoms with Crippen molar-refractivity contribution < 1.29 is 8.42 Å². The van der Waals surface area contributed by atoms with Crippen LogP contribution < -0.4 is 10.5 Å². The second-order valence-electron chi connectivity index (χ2n) is 3.54. The van der Waals surface area contributed by atoms with Gasteiger partial charge in [-0.15, -0.1) is 0 Å². The van der Waals surface area contributed by atoms with Crippen molar-refractivity contribution in [1.82, 2.24) is 0 Å². The van der Waals surface area contributed by atoms with Crippen LogP contribution in [0.2, 0.25) is 0 Å². The molecular formula is C10H13N3O2S. The zero-order chi connectivity index (χ0) is 12.3. The molecule has 1 rings (SSSR count). The summed E-state index contributed by atoms with van der Waals surface area (Å²) in [7, 11) is -3.63. The van der Waals surface area contributed by atoms with Gasteiger partial charge in [0.25, 0.3) is 0 Å². The number of benzene rings is 1. The molecule has 0 radical (unpaired) electrons. The van der Waals surface area contributed by atoms with Gasteiger partial charge in [0.15, 0.2) is 5.75 Å². The molecule has 0 spiro atoms. The predicted octanol–water partition coefficient (Wildman–Crippen LogP) is 1.15. The lowest BCUT2D eigenvalue weighted by molar-refractivity contribution is 0.604. The first kappa shape index (κ1) is 12.3. The molecule has 0 saturated carbocycles. The summed E-state index contributed by atoms with van der Waals surface area (Å²) >= 11 is 0. The number of hydrogen-bond acceptors (Lipinski definition) is 4. The molecule has 86 valence electrons. The third-order valence-electron chi connectivity index (χ3n) is 2.19. The molecule has 0 fully saturated rings. The van der Waals surface area contributed by atoms with E-state index in [2.05, 4.69) is 4.72 Å². The largest absolute Gasteiger partial charge is 0.397 e. The number of nitrogens with two attached hydrogens (primary N) is 1. The number of nitrogens with zero attached hydrogens (tertiary/aromatic N) is 1. The van der Waals surface area contributed by atoms with E-state index in [1.807, 2.05) is 13.8 Å². The van der Waals surface area contributed by atoms with Gasteiger partial charge in [0.1, 0.15) is 0 Å². The van der Waals surface area contributed by atoms with E-state index in [1.165, 1.54) is 0 Å². The number of nitrogen functional groups attached to an aromatic ring is 1. The first-order chi connectivity index (χ1) is 7.35. The number of aryl methyl sites for hydroxylation is 2. The van der Waals surface area contributed by atoms with Gasteiger partial charge < -0.3 is 5.73 Å². The Kier molecular flexibility index (Phi) is 3.40. The van der Waals surface area contributed by atoms with E-state index in [-0.39, 0.29) is 0 Å². The normalized spacial score (nSPS) is 10.8. The molecule has 0 aromatic heterocycles. The molecule has 0 unspecified atom stereocenters. The molecule has 0 bridgehead atoms. The van der Waals surface area contributed by atoms with Crippen molar-refractivity contribution in [2.24, 2.45) is 0 Å². The van der Waals surface area contributed by atoms with Crippen molar-refractivity contribution in [3.05, 3.63) is 23.3 Å². The van der Waals surface area contributed by atoms with E-state index in [4.69, 9.17) is 11.0 Å². The zero-order valence-corrected chi connectivity index (χ0v) is 9.93. The van der Waals surface area contributed by atoms with Gasteiger partial charge in [-0.3, -0.25) is 4.72 Å². The maximum Gasteiger partial charge on any atom is 0.246 e. The average Bonchev–Trinajstić information content (AvgIpc) is 2.13. The van der Waals surface area contributed by atoms with Gasteiger partial charge in [-0.05, 0) is 37.1 Å². The molecule has 0 amide bonds. The van der Waals surface area contributed by atoms with E-state index >= 15 is 0 Å². The van der Waals surface area contributed by atoms with E-state index in [0.717, 1.165) is 11.1 Å². The van der Waals surface area contributed by atoms with Crippen LogP contribution in [0.1, 0.15) is 11.1 Å². The van der Waals surface area contributed by atoms with Gasteiger partial charge in [0.05, 0.1) is 17.4 Å². The number of rotatable bonds is 3. The summed E-state index contributed by atoms with van der Waals surface area (Å²) in [4.78, 5) is 0. The summed E-state index contributed by atoms with van der Waals surface area (Å²) in [5.74, 6) is -0.584. The lowest BCUT2D eigenvalue weighted by Gasteiger charge is -2.10. The second kappa shape index (κ2) is 4.41. The Morgan fingerprint density at radius 3 is 2.50 bits per heavy atom. The van der Waals surface area contributed by atoms with Gasteiger partial charge in [0.2, 0.25) is 10.0 Å². The summed E-state index contributed by atoms with van der Waals surface area (Å²) < 4.78 is 25.0. The van der Waals surface area contributed by atoms with Gasteiger partial charge in [-0.25, -0.2) is 8.42 Å². The minimum absolute atomic E-state index is 0.318. The topological polar surface area (TPSA) is 96.0 Å². The molecule has 0 aliphatic heterocycles. The van der Waals surface area contributed by atoms with Crippen LogP contribution in [0, 0.1) is 25.2 Å². The van der Waals surface area contributed by atoms with Gasteiger partial charge >= 0.3 is 0 Å². The first-order valence-electron chi connectivity index (χ1n) is 4.60. The van der Waals surface area contributed by atoms with E-state index in [0.29, 0.717) is 11.4 Å². The van der Waals surface area contributed by atoms with E-state index < -0.39 is 15.8 Å². The monoisotopic (exact) mass is 239 g/mol. The van der Waals surface area contributed by atoms with Crippen LogP contribution in [-0.4, -0.2) is 14.2 Å². The Hall–Kier alpha value is -1.74. The molecular weight excluding hydrogens is 226 g/mol. The Bertz CT molecular complexity index is 544. The Morgan fingerprint density at radius 2 is 1.94 bits per heavy atom. The fraction of sp³-hybridized carbons (Fsp3) is 0.300. The van der Waals surface area contributed by atoms with Crippen molar-refractivity contribution >= 4 is 21.4 Å². The molecule has 0 atom stereocenters. The zero-order valence-electron chi connectivity index (χ0n) is 9.11. The van der Waals surface area contributed by atoms with Crippen LogP contribution in [-0.2, 0) is 10.0 Å². The summed E-state index contributed by atoms with van der Waals surface area (Å²) in [5.41, 5.74) is 8.27. The SMILES string of the molecule is Cc1cc(N)c(NS(=O)(=O)CC#N)cc1C. The van der Waals surface area contributed by atoms with Crippen molar-refractivity contribution in [1.29, 1.82) is 5.26 Å². The molecule has 6 heteroatoms. The number of anilines is 2. The molecule has 3 N–H and O–H groups in total. The highest BCUT2D eigenvalue weighted by molar-refractivity contribution is 7.92. The fourth-order valence-electron chi connectivity index (χ4n) is 1.22. The number of hydrogen-bond donors (Lipinski definition) is 2. The van der Waals surface area contributed by atoms with Gasteiger partial charge in [0, 0.05) is 0 Å². The average molecular weight is 239 g/mol. The summed E-state index contributed by atoms with van der Waals surface area (Å²) in [6.07, 6.45) is 0. The van der Waals surface area contributed by atoms with Crippen LogP contribution in [0.4, 0.5) is 11.4 Å². The number of nitriles is 1. The van der Waals surface area contributed by atoms with E-state index in [9.17, 15) is 8.42 Å². The highest BCUT2D eigenvalue weighted by Crippen LogP contribution is 2.23. The van der Waals surface area contributed by atoms with Gasteiger partial charge in [-0.1, -0.05) is 0 Å². The first-order valence-corrected chi connectivity index (χ1v) is 6.25. The van der Waals surface area contributed by atoms with Crippen molar-refractivity contribution in [2.45, 2.75) is 13.8 Å². The van der Waals surface area contributed by atoms with Crippen molar-refractivity contribution in [3.8, 4) is 6.07 Å². The van der Waals surface area contributed by atoms with Crippen LogP contribution in [0.5, 0.6) is 0 Å². The molecule has 1 aromatic carbocycles. The van der Waals surface area contributed by atoms with Crippen LogP contribution in [0.25, 0.3) is 0 Å². The summed E-state index contributed by atoms with van der Waals surface area (Å²) in [6, 6.07) is 4.93. The molecule has 0 heterocycles. The third kappa shape index (κ3) is 2.87. The second-order valence-corrected chi connectivity index (χ2v) is 5.27. The fourth-order valence-corrected chi connectivity index (χ4v) is 1.97. The summed E-state index contributed by atoms with van der Waals surface area (Å²) in [5, 5.41) is 8.35. The lowest BCUT2D eigenvalue weighted by Crippen LogP contribution is -2.16. The molecule has 0 aliphatic carbocycles. The van der Waals surface area contributed by atoms with Crippen LogP contribution >= 0.6 is 0 Å². The molecule has 5 nitrogen and oxygen atoms in total. The maximum atomic E-state index is 11.4. The number of nitrogens with one attached hydrogen (secondary N) is 1.